The Morgan fingerprint density at radius 3 is 2.24 bits per heavy atom. The van der Waals surface area contributed by atoms with Crippen LogP contribution in [0.1, 0.15) is 27.7 Å². The Labute approximate surface area is 160 Å². The highest BCUT2D eigenvalue weighted by Crippen LogP contribution is 2.23. The number of nitrogens with two attached hydrogens (primary N) is 1. The van der Waals surface area contributed by atoms with Crippen LogP contribution < -0.4 is 21.7 Å². The number of nitrogens with one attached hydrogen (secondary N) is 3. The molecule has 9 heteroatoms. The molecule has 2 amide bonds. The van der Waals surface area contributed by atoms with Crippen molar-refractivity contribution in [2.45, 2.75) is 39.8 Å². The van der Waals surface area contributed by atoms with Crippen molar-refractivity contribution in [1.29, 1.82) is 0 Å². The molecule has 0 aromatic heterocycles. The van der Waals surface area contributed by atoms with E-state index in [0.717, 1.165) is 0 Å². The van der Waals surface area contributed by atoms with Crippen LogP contribution in [0.2, 0.25) is 0 Å². The summed E-state index contributed by atoms with van der Waals surface area (Å²) in [6.07, 6.45) is 0. The number of hydrogen-bond acceptors (Lipinski definition) is 4. The van der Waals surface area contributed by atoms with E-state index < -0.39 is 23.7 Å². The molecule has 1 atom stereocenters. The first-order valence-corrected chi connectivity index (χ1v) is 7.60. The van der Waals surface area contributed by atoms with Gasteiger partial charge in [0.05, 0.1) is 24.0 Å². The molecule has 6 nitrogen and oxygen atoms in total. The van der Waals surface area contributed by atoms with Crippen molar-refractivity contribution in [2.24, 2.45) is 11.7 Å². The van der Waals surface area contributed by atoms with Gasteiger partial charge in [-0.3, -0.25) is 9.59 Å². The minimum atomic E-state index is -0.671. The number of halogens is 3. The maximum Gasteiger partial charge on any atom is 0.243 e. The third kappa shape index (κ3) is 8.90. The number of amides is 2. The van der Waals surface area contributed by atoms with Crippen molar-refractivity contribution in [1.82, 2.24) is 5.32 Å². The second-order valence-corrected chi connectivity index (χ2v) is 6.02. The van der Waals surface area contributed by atoms with Gasteiger partial charge in [-0.15, -0.1) is 24.8 Å². The van der Waals surface area contributed by atoms with Gasteiger partial charge in [-0.1, -0.05) is 13.8 Å². The maximum absolute atomic E-state index is 13.4. The molecule has 25 heavy (non-hydrogen) atoms. The van der Waals surface area contributed by atoms with Gasteiger partial charge in [-0.05, 0) is 38.0 Å². The molecule has 0 radical (unpaired) electrons. The number of carbonyl (C=O) groups excluding carboxylic acids is 2. The zero-order chi connectivity index (χ0) is 17.6. The van der Waals surface area contributed by atoms with Gasteiger partial charge in [0.25, 0.3) is 0 Å². The van der Waals surface area contributed by atoms with E-state index in [0.29, 0.717) is 11.4 Å². The molecule has 0 unspecified atom stereocenters. The summed E-state index contributed by atoms with van der Waals surface area (Å²) in [5.41, 5.74) is 6.63. The Kier molecular flexibility index (Phi) is 12.2. The summed E-state index contributed by atoms with van der Waals surface area (Å²) in [6, 6.07) is 3.54. The monoisotopic (exact) mass is 396 g/mol. The van der Waals surface area contributed by atoms with E-state index in [-0.39, 0.29) is 43.3 Å². The van der Waals surface area contributed by atoms with E-state index in [4.69, 9.17) is 5.73 Å². The Morgan fingerprint density at radius 2 is 1.72 bits per heavy atom. The van der Waals surface area contributed by atoms with Crippen LogP contribution in [0.25, 0.3) is 0 Å². The third-order valence-electron chi connectivity index (χ3n) is 3.14. The van der Waals surface area contributed by atoms with Crippen molar-refractivity contribution >= 4 is 48.0 Å². The van der Waals surface area contributed by atoms with Crippen LogP contribution in [-0.4, -0.2) is 30.4 Å². The molecule has 1 aromatic rings. The Bertz CT molecular complexity index is 571. The normalized spacial score (nSPS) is 11.2. The summed E-state index contributed by atoms with van der Waals surface area (Å²) in [4.78, 5) is 23.7. The summed E-state index contributed by atoms with van der Waals surface area (Å²) in [5, 5.41) is 8.17. The quantitative estimate of drug-likeness (QED) is 0.569. The molecule has 144 valence electrons. The van der Waals surface area contributed by atoms with Gasteiger partial charge in [0.15, 0.2) is 0 Å². The fourth-order valence-corrected chi connectivity index (χ4v) is 1.84. The Morgan fingerprint density at radius 1 is 1.12 bits per heavy atom. The largest absolute Gasteiger partial charge is 0.381 e. The Balaban J connectivity index is 0. The lowest BCUT2D eigenvalue weighted by atomic mass is 10.1. The second-order valence-electron chi connectivity index (χ2n) is 6.02. The van der Waals surface area contributed by atoms with E-state index >= 15 is 0 Å². The maximum atomic E-state index is 13.4. The molecule has 5 N–H and O–H groups in total. The first-order valence-electron chi connectivity index (χ1n) is 7.60. The predicted octanol–water partition coefficient (Wildman–Crippen LogP) is 2.53. The molecule has 0 aliphatic rings. The zero-order valence-corrected chi connectivity index (χ0v) is 16.4. The van der Waals surface area contributed by atoms with Crippen LogP contribution in [0, 0.1) is 11.7 Å². The lowest BCUT2D eigenvalue weighted by Crippen LogP contribution is -2.46. The molecule has 0 bridgehead atoms. The zero-order valence-electron chi connectivity index (χ0n) is 14.8. The minimum Gasteiger partial charge on any atom is -0.381 e. The number of anilines is 2. The van der Waals surface area contributed by atoms with Crippen LogP contribution in [0.4, 0.5) is 15.8 Å². The van der Waals surface area contributed by atoms with Crippen LogP contribution >= 0.6 is 24.8 Å². The smallest absolute Gasteiger partial charge is 0.243 e. The van der Waals surface area contributed by atoms with Gasteiger partial charge >= 0.3 is 0 Å². The summed E-state index contributed by atoms with van der Waals surface area (Å²) in [6.45, 7) is 7.28. The number of carbonyl (C=O) groups is 2. The second kappa shape index (κ2) is 11.9. The average molecular weight is 397 g/mol. The van der Waals surface area contributed by atoms with Gasteiger partial charge in [-0.2, -0.15) is 0 Å². The number of hydrogen-bond donors (Lipinski definition) is 4. The van der Waals surface area contributed by atoms with E-state index in [1.165, 1.54) is 12.1 Å². The molecule has 1 rings (SSSR count). The molecule has 0 aliphatic carbocycles. The van der Waals surface area contributed by atoms with Crippen molar-refractivity contribution < 1.29 is 14.0 Å². The van der Waals surface area contributed by atoms with E-state index in [1.807, 2.05) is 27.7 Å². The van der Waals surface area contributed by atoms with Crippen molar-refractivity contribution in [3.05, 3.63) is 24.0 Å². The highest BCUT2D eigenvalue weighted by molar-refractivity contribution is 5.97. The minimum absolute atomic E-state index is 0. The van der Waals surface area contributed by atoms with Crippen molar-refractivity contribution in [3.8, 4) is 0 Å². The molecular weight excluding hydrogens is 370 g/mol. The first kappa shape index (κ1) is 25.7. The van der Waals surface area contributed by atoms with Gasteiger partial charge < -0.3 is 21.7 Å². The molecule has 0 saturated carbocycles. The summed E-state index contributed by atoms with van der Waals surface area (Å²) < 4.78 is 13.4. The van der Waals surface area contributed by atoms with Gasteiger partial charge in [0.1, 0.15) is 5.82 Å². The predicted molar refractivity (Wildman–Crippen MR) is 104 cm³/mol. The Hall–Kier alpha value is -1.57. The van der Waals surface area contributed by atoms with Crippen LogP contribution in [-0.2, 0) is 9.59 Å². The molecule has 0 fully saturated rings. The summed E-state index contributed by atoms with van der Waals surface area (Å²) in [7, 11) is 0. The molecule has 0 aliphatic heterocycles. The topological polar surface area (TPSA) is 96.2 Å². The molecule has 0 spiro atoms. The SMILES string of the molecule is CC(C)Nc1ccc(F)cc1NC(=O)CNC(=O)[C@@H](N)C(C)C.Cl.Cl. The molecular formula is C16H27Cl2FN4O2. The molecule has 0 heterocycles. The third-order valence-corrected chi connectivity index (χ3v) is 3.14. The van der Waals surface area contributed by atoms with Gasteiger partial charge in [0, 0.05) is 6.04 Å². The standard InChI is InChI=1S/C16H25FN4O2.2ClH/c1-9(2)15(18)16(23)19-8-14(22)21-13-7-11(17)5-6-12(13)20-10(3)4;;/h5-7,9-10,15,20H,8,18H2,1-4H3,(H,19,23)(H,21,22);2*1H/t15-;;/m0../s1. The van der Waals surface area contributed by atoms with Crippen LogP contribution in [0.5, 0.6) is 0 Å². The molecule has 0 saturated heterocycles. The van der Waals surface area contributed by atoms with Gasteiger partial charge in [-0.25, -0.2) is 4.39 Å². The lowest BCUT2D eigenvalue weighted by Gasteiger charge is -2.17. The van der Waals surface area contributed by atoms with E-state index in [9.17, 15) is 14.0 Å². The first-order chi connectivity index (χ1) is 10.7. The molecule has 1 aromatic carbocycles. The fraction of sp³-hybridized carbons (Fsp3) is 0.500. The average Bonchev–Trinajstić information content (AvgIpc) is 2.46. The van der Waals surface area contributed by atoms with E-state index in [1.54, 1.807) is 6.07 Å². The summed E-state index contributed by atoms with van der Waals surface area (Å²) >= 11 is 0. The van der Waals surface area contributed by atoms with Crippen molar-refractivity contribution in [3.63, 3.8) is 0 Å². The highest BCUT2D eigenvalue weighted by atomic mass is 35.5. The van der Waals surface area contributed by atoms with Crippen LogP contribution in [0.3, 0.4) is 0 Å². The van der Waals surface area contributed by atoms with Crippen LogP contribution in [0.15, 0.2) is 18.2 Å². The number of rotatable bonds is 7. The van der Waals surface area contributed by atoms with Crippen molar-refractivity contribution in [2.75, 3.05) is 17.2 Å². The highest BCUT2D eigenvalue weighted by Gasteiger charge is 2.18. The number of benzene rings is 1. The summed E-state index contributed by atoms with van der Waals surface area (Å²) in [5.74, 6) is -1.33. The van der Waals surface area contributed by atoms with E-state index in [2.05, 4.69) is 16.0 Å². The fourth-order valence-electron chi connectivity index (χ4n) is 1.84. The van der Waals surface area contributed by atoms with Gasteiger partial charge in [0.2, 0.25) is 11.8 Å². The lowest BCUT2D eigenvalue weighted by molar-refractivity contribution is -0.125.